The summed E-state index contributed by atoms with van der Waals surface area (Å²) in [6.07, 6.45) is 1.51. The Morgan fingerprint density at radius 3 is 2.44 bits per heavy atom. The fourth-order valence-corrected chi connectivity index (χ4v) is 2.20. The molecule has 0 saturated carbocycles. The number of hydrazone groups is 1. The van der Waals surface area contributed by atoms with Crippen LogP contribution in [0.2, 0.25) is 0 Å². The van der Waals surface area contributed by atoms with E-state index in [-0.39, 0.29) is 12.4 Å². The second-order valence-corrected chi connectivity index (χ2v) is 5.20. The third-order valence-electron chi connectivity index (χ3n) is 3.40. The van der Waals surface area contributed by atoms with Crippen LogP contribution in [0.25, 0.3) is 11.4 Å². The highest BCUT2D eigenvalue weighted by molar-refractivity contribution is 5.82. The Morgan fingerprint density at radius 1 is 1.12 bits per heavy atom. The van der Waals surface area contributed by atoms with Gasteiger partial charge in [-0.25, -0.2) is 14.9 Å². The van der Waals surface area contributed by atoms with Crippen molar-refractivity contribution in [2.45, 2.75) is 6.54 Å². The van der Waals surface area contributed by atoms with Gasteiger partial charge in [-0.3, -0.25) is 4.79 Å². The lowest BCUT2D eigenvalue weighted by molar-refractivity contribution is -0.121. The summed E-state index contributed by atoms with van der Waals surface area (Å²) in [5, 5.41) is 7.96. The van der Waals surface area contributed by atoms with Crippen molar-refractivity contribution in [2.24, 2.45) is 5.10 Å². The Bertz CT molecular complexity index is 944. The van der Waals surface area contributed by atoms with Crippen molar-refractivity contribution in [3.63, 3.8) is 0 Å². The molecule has 8 nitrogen and oxygen atoms in total. The lowest BCUT2D eigenvalue weighted by Gasteiger charge is -1.99. The predicted molar refractivity (Wildman–Crippen MR) is 94.3 cm³/mol. The molecule has 0 aliphatic rings. The van der Waals surface area contributed by atoms with E-state index < -0.39 is 11.6 Å². The van der Waals surface area contributed by atoms with Crippen LogP contribution in [0, 0.1) is 0 Å². The topological polar surface area (TPSA) is 107 Å². The van der Waals surface area contributed by atoms with E-state index in [1.807, 2.05) is 48.5 Å². The number of carbonyl (C=O) groups excluding carboxylic acids is 1. The quantitative estimate of drug-likeness (QED) is 0.403. The number of rotatable bonds is 5. The predicted octanol–water partition coefficient (Wildman–Crippen LogP) is 0.576. The van der Waals surface area contributed by atoms with E-state index in [0.29, 0.717) is 5.56 Å². The highest BCUT2D eigenvalue weighted by Gasteiger charge is 2.14. The number of hydrogen-bond donors (Lipinski definition) is 2. The van der Waals surface area contributed by atoms with E-state index in [4.69, 9.17) is 5.84 Å². The van der Waals surface area contributed by atoms with E-state index in [2.05, 4.69) is 15.6 Å². The summed E-state index contributed by atoms with van der Waals surface area (Å²) in [4.78, 5) is 24.1. The molecule has 0 radical (unpaired) electrons. The molecule has 1 amide bonds. The number of aromatic nitrogens is 3. The van der Waals surface area contributed by atoms with Gasteiger partial charge in [0, 0.05) is 5.56 Å². The molecular weight excluding hydrogens is 320 g/mol. The number of nitrogens with one attached hydrogen (secondary N) is 1. The second-order valence-electron chi connectivity index (χ2n) is 5.20. The molecule has 0 bridgehead atoms. The maximum absolute atomic E-state index is 12.1. The summed E-state index contributed by atoms with van der Waals surface area (Å²) < 4.78 is 1.91. The van der Waals surface area contributed by atoms with Crippen molar-refractivity contribution in [1.29, 1.82) is 0 Å². The third kappa shape index (κ3) is 3.81. The van der Waals surface area contributed by atoms with Gasteiger partial charge in [0.05, 0.1) is 6.21 Å². The number of nitrogens with two attached hydrogens (primary N) is 1. The van der Waals surface area contributed by atoms with Gasteiger partial charge in [-0.15, -0.1) is 5.10 Å². The van der Waals surface area contributed by atoms with Gasteiger partial charge in [0.1, 0.15) is 6.54 Å². The van der Waals surface area contributed by atoms with E-state index in [9.17, 15) is 9.59 Å². The molecule has 1 heterocycles. The molecule has 0 spiro atoms. The molecule has 0 atom stereocenters. The Morgan fingerprint density at radius 2 is 1.76 bits per heavy atom. The van der Waals surface area contributed by atoms with Crippen molar-refractivity contribution < 1.29 is 4.79 Å². The zero-order chi connectivity index (χ0) is 17.6. The lowest BCUT2D eigenvalue weighted by Crippen LogP contribution is -2.34. The van der Waals surface area contributed by atoms with Crippen molar-refractivity contribution >= 4 is 12.1 Å². The summed E-state index contributed by atoms with van der Waals surface area (Å²) in [6, 6.07) is 18.3. The molecule has 0 unspecified atom stereocenters. The minimum Gasteiger partial charge on any atom is -0.333 e. The average molecular weight is 336 g/mol. The average Bonchev–Trinajstić information content (AvgIpc) is 2.92. The van der Waals surface area contributed by atoms with Crippen LogP contribution >= 0.6 is 0 Å². The molecule has 3 aromatic rings. The van der Waals surface area contributed by atoms with E-state index in [1.54, 1.807) is 12.1 Å². The van der Waals surface area contributed by atoms with Crippen LogP contribution in [0.3, 0.4) is 0 Å². The van der Waals surface area contributed by atoms with Crippen molar-refractivity contribution in [2.75, 3.05) is 5.84 Å². The molecule has 8 heteroatoms. The molecule has 0 fully saturated rings. The zero-order valence-electron chi connectivity index (χ0n) is 13.2. The molecule has 3 N–H and O–H groups in total. The first-order valence-electron chi connectivity index (χ1n) is 7.52. The molecule has 25 heavy (non-hydrogen) atoms. The van der Waals surface area contributed by atoms with Crippen LogP contribution in [-0.4, -0.2) is 26.6 Å². The van der Waals surface area contributed by atoms with Gasteiger partial charge in [-0.1, -0.05) is 60.7 Å². The Kier molecular flexibility index (Phi) is 4.70. The first kappa shape index (κ1) is 16.2. The maximum Gasteiger partial charge on any atom is 0.365 e. The van der Waals surface area contributed by atoms with Crippen LogP contribution in [0.15, 0.2) is 70.6 Å². The normalized spacial score (nSPS) is 10.9. The number of benzene rings is 2. The largest absolute Gasteiger partial charge is 0.365 e. The molecule has 0 saturated heterocycles. The number of amides is 1. The fraction of sp³-hybridized carbons (Fsp3) is 0.0588. The summed E-state index contributed by atoms with van der Waals surface area (Å²) in [7, 11) is 0. The number of nitrogens with zero attached hydrogens (tertiary/aromatic N) is 4. The maximum atomic E-state index is 12.1. The van der Waals surface area contributed by atoms with Gasteiger partial charge in [-0.05, 0) is 5.56 Å². The van der Waals surface area contributed by atoms with Crippen molar-refractivity contribution in [1.82, 2.24) is 19.9 Å². The standard InChI is InChI=1S/C17H16N6O2/c18-23-16(14-9-5-2-6-10-14)21-22(17(23)25)12-15(24)20-19-11-13-7-3-1-4-8-13/h1-11H,12,18H2,(H,20,24)/b19-11+. The van der Waals surface area contributed by atoms with Gasteiger partial charge in [0.15, 0.2) is 5.82 Å². The number of hydrogen-bond acceptors (Lipinski definition) is 5. The highest BCUT2D eigenvalue weighted by Crippen LogP contribution is 2.12. The van der Waals surface area contributed by atoms with Crippen LogP contribution < -0.4 is 17.0 Å². The van der Waals surface area contributed by atoms with Gasteiger partial charge >= 0.3 is 5.69 Å². The summed E-state index contributed by atoms with van der Waals surface area (Å²) in [5.41, 5.74) is 3.30. The summed E-state index contributed by atoms with van der Waals surface area (Å²) >= 11 is 0. The first-order valence-corrected chi connectivity index (χ1v) is 7.52. The Hall–Kier alpha value is -3.68. The SMILES string of the molecule is Nn1c(-c2ccccc2)nn(CC(=O)N/N=C/c2ccccc2)c1=O. The van der Waals surface area contributed by atoms with E-state index in [0.717, 1.165) is 14.9 Å². The summed E-state index contributed by atoms with van der Waals surface area (Å²) in [5.74, 6) is 5.55. The molecular formula is C17H16N6O2. The molecule has 126 valence electrons. The lowest BCUT2D eigenvalue weighted by atomic mass is 10.2. The van der Waals surface area contributed by atoms with Gasteiger partial charge in [-0.2, -0.15) is 9.78 Å². The zero-order valence-corrected chi connectivity index (χ0v) is 13.2. The minimum atomic E-state index is -0.582. The minimum absolute atomic E-state index is 0.283. The van der Waals surface area contributed by atoms with Gasteiger partial charge in [0.2, 0.25) is 0 Å². The van der Waals surface area contributed by atoms with Crippen LogP contribution in [0.5, 0.6) is 0 Å². The molecule has 2 aromatic carbocycles. The first-order chi connectivity index (χ1) is 12.1. The van der Waals surface area contributed by atoms with Gasteiger partial charge in [0.25, 0.3) is 5.91 Å². The Labute approximate surface area is 143 Å². The second kappa shape index (κ2) is 7.26. The number of carbonyl (C=O) groups is 1. The van der Waals surface area contributed by atoms with Gasteiger partial charge < -0.3 is 5.84 Å². The molecule has 0 aliphatic carbocycles. The highest BCUT2D eigenvalue weighted by atomic mass is 16.2. The number of nitrogen functional groups attached to an aromatic ring is 1. The van der Waals surface area contributed by atoms with Crippen molar-refractivity contribution in [3.8, 4) is 11.4 Å². The van der Waals surface area contributed by atoms with Crippen LogP contribution in [0.4, 0.5) is 0 Å². The third-order valence-corrected chi connectivity index (χ3v) is 3.40. The van der Waals surface area contributed by atoms with Crippen LogP contribution in [0.1, 0.15) is 5.56 Å². The molecule has 1 aromatic heterocycles. The molecule has 0 aliphatic heterocycles. The van der Waals surface area contributed by atoms with Crippen LogP contribution in [-0.2, 0) is 11.3 Å². The van der Waals surface area contributed by atoms with Crippen molar-refractivity contribution in [3.05, 3.63) is 76.7 Å². The Balaban J connectivity index is 1.70. The molecule has 3 rings (SSSR count). The van der Waals surface area contributed by atoms with E-state index >= 15 is 0 Å². The smallest absolute Gasteiger partial charge is 0.333 e. The fourth-order valence-electron chi connectivity index (χ4n) is 2.20. The monoisotopic (exact) mass is 336 g/mol. The summed E-state index contributed by atoms with van der Waals surface area (Å²) in [6.45, 7) is -0.283. The van der Waals surface area contributed by atoms with E-state index in [1.165, 1.54) is 6.21 Å².